The van der Waals surface area contributed by atoms with Gasteiger partial charge in [-0.2, -0.15) is 0 Å². The fourth-order valence-electron chi connectivity index (χ4n) is 8.94. The number of amides is 3. The van der Waals surface area contributed by atoms with E-state index >= 15 is 0 Å². The molecule has 3 aliphatic rings. The van der Waals surface area contributed by atoms with Crippen molar-refractivity contribution in [1.82, 2.24) is 9.80 Å². The van der Waals surface area contributed by atoms with Crippen LogP contribution in [0.2, 0.25) is 0 Å². The maximum atomic E-state index is 13.8. The summed E-state index contributed by atoms with van der Waals surface area (Å²) in [6.45, 7) is 3.66. The van der Waals surface area contributed by atoms with E-state index in [2.05, 4.69) is 35.6 Å². The molecule has 5 aromatic rings. The predicted octanol–water partition coefficient (Wildman–Crippen LogP) is 5.77. The van der Waals surface area contributed by atoms with Gasteiger partial charge in [0, 0.05) is 50.5 Å². The van der Waals surface area contributed by atoms with E-state index < -0.39 is 24.6 Å². The van der Waals surface area contributed by atoms with Crippen molar-refractivity contribution in [3.05, 3.63) is 166 Å². The molecular weight excluding hydrogens is 765 g/mol. The highest BCUT2D eigenvalue weighted by Gasteiger charge is 2.55. The lowest BCUT2D eigenvalue weighted by atomic mass is 9.78. The molecule has 3 amide bonds. The zero-order chi connectivity index (χ0) is 42.3. The number of nitrogens with two attached hydrogens (primary N) is 2. The zero-order valence-electron chi connectivity index (χ0n) is 34.3. The minimum Gasteiger partial charge on any atom is -0.503 e. The Morgan fingerprint density at radius 3 is 1.87 bits per heavy atom. The summed E-state index contributed by atoms with van der Waals surface area (Å²) >= 11 is 0. The van der Waals surface area contributed by atoms with Gasteiger partial charge in [-0.15, -0.1) is 0 Å². The molecule has 0 bridgehead atoms. The number of carbonyl (C=O) groups is 4. The van der Waals surface area contributed by atoms with Gasteiger partial charge in [0.2, 0.25) is 11.8 Å². The van der Waals surface area contributed by atoms with Crippen LogP contribution in [-0.2, 0) is 48.8 Å². The highest BCUT2D eigenvalue weighted by atomic mass is 16.7. The molecule has 0 aliphatic carbocycles. The first kappa shape index (κ1) is 41.7. The van der Waals surface area contributed by atoms with E-state index in [1.165, 1.54) is 11.1 Å². The number of hydrogen-bond donors (Lipinski definition) is 3. The molecule has 3 aliphatic heterocycles. The minimum atomic E-state index is -1.72. The molecule has 0 spiro atoms. The smallest absolute Gasteiger partial charge is 0.503 e. The van der Waals surface area contributed by atoms with Crippen LogP contribution < -0.4 is 22.2 Å². The van der Waals surface area contributed by atoms with Crippen molar-refractivity contribution in [2.45, 2.75) is 69.1 Å². The molecule has 5 N–H and O–H groups in total. The Labute approximate surface area is 357 Å². The second-order valence-corrected chi connectivity index (χ2v) is 16.4. The van der Waals surface area contributed by atoms with Crippen molar-refractivity contribution in [1.29, 1.82) is 0 Å². The molecule has 8 rings (SSSR count). The fourth-order valence-corrected chi connectivity index (χ4v) is 8.94. The third-order valence-corrected chi connectivity index (χ3v) is 12.4. The van der Waals surface area contributed by atoms with Crippen molar-refractivity contribution in [3.63, 3.8) is 0 Å². The van der Waals surface area contributed by atoms with Gasteiger partial charge in [-0.25, -0.2) is 0 Å². The highest BCUT2D eigenvalue weighted by Crippen LogP contribution is 2.38. The number of nitrogens with zero attached hydrogens (tertiary/aromatic N) is 2. The molecule has 61 heavy (non-hydrogen) atoms. The minimum absolute atomic E-state index is 0.0693. The first-order valence-corrected chi connectivity index (χ1v) is 21.3. The Morgan fingerprint density at radius 1 is 0.672 bits per heavy atom. The first-order chi connectivity index (χ1) is 29.7. The normalized spacial score (nSPS) is 18.5. The van der Waals surface area contributed by atoms with Crippen LogP contribution in [0, 0.1) is 0 Å². The number of likely N-dealkylation sites (tertiary alicyclic amines) is 2. The van der Waals surface area contributed by atoms with Gasteiger partial charge in [-0.3, -0.25) is 19.2 Å². The molecular formula is C49H52BN5O6. The second kappa shape index (κ2) is 18.7. The Balaban J connectivity index is 0.881. The second-order valence-electron chi connectivity index (χ2n) is 16.4. The Hall–Kier alpha value is -6.08. The standard InChI is InChI=1S/C49H52BN5O6/c51-32-35-7-4-9-39(27-35)37-19-23-54(24-20-37)46(57)29-34-15-17-43(18-16-34)50-60-48(59)49(61-50,42-12-2-1-3-13-42)31-45(56)53-44-14-6-11-41(30-44)47(58)55-25-21-38(22-26-55)40-10-5-8-36(28-40)33-52/h1-18,27-28,30,37-38H,19-26,29,31-33,51-52H2,(H,53,56)/t49-/m0/s1. The molecule has 0 saturated carbocycles. The molecule has 1 atom stereocenters. The van der Waals surface area contributed by atoms with E-state index in [4.69, 9.17) is 20.8 Å². The maximum absolute atomic E-state index is 13.8. The Bertz CT molecular complexity index is 2360. The van der Waals surface area contributed by atoms with Gasteiger partial charge in [-0.1, -0.05) is 109 Å². The number of nitrogens with one attached hydrogen (secondary N) is 1. The number of hydrogen-bond acceptors (Lipinski definition) is 8. The number of anilines is 1. The van der Waals surface area contributed by atoms with Gasteiger partial charge in [0.25, 0.3) is 5.91 Å². The van der Waals surface area contributed by atoms with Crippen LogP contribution >= 0.6 is 0 Å². The van der Waals surface area contributed by atoms with Gasteiger partial charge in [0.05, 0.1) is 12.8 Å². The van der Waals surface area contributed by atoms with E-state index in [-0.39, 0.29) is 24.7 Å². The third kappa shape index (κ3) is 9.47. The lowest BCUT2D eigenvalue weighted by Crippen LogP contribution is -2.40. The van der Waals surface area contributed by atoms with Gasteiger partial charge in [0.15, 0.2) is 5.60 Å². The van der Waals surface area contributed by atoms with Crippen LogP contribution in [0.4, 0.5) is 5.69 Å². The van der Waals surface area contributed by atoms with Gasteiger partial charge < -0.3 is 35.9 Å². The van der Waals surface area contributed by atoms with Crippen molar-refractivity contribution >= 4 is 42.0 Å². The molecule has 3 heterocycles. The average molecular weight is 818 g/mol. The van der Waals surface area contributed by atoms with Crippen LogP contribution in [0.5, 0.6) is 0 Å². The summed E-state index contributed by atoms with van der Waals surface area (Å²) in [5.74, 6) is -0.418. The molecule has 11 nitrogen and oxygen atoms in total. The summed E-state index contributed by atoms with van der Waals surface area (Å²) in [4.78, 5) is 58.3. The van der Waals surface area contributed by atoms with E-state index in [1.807, 2.05) is 46.2 Å². The van der Waals surface area contributed by atoms with E-state index in [0.717, 1.165) is 42.4 Å². The monoisotopic (exact) mass is 817 g/mol. The SMILES string of the molecule is NCc1cccc(C2CCN(C(=O)Cc3ccc(B4OC(=O)[C@](CC(=O)Nc5cccc(C(=O)N6CCC(c7cccc(CN)c7)CC6)c5)(c5ccccc5)O4)cc3)CC2)c1. The summed E-state index contributed by atoms with van der Waals surface area (Å²) in [6, 6.07) is 39.8. The first-order valence-electron chi connectivity index (χ1n) is 21.3. The number of rotatable bonds is 12. The van der Waals surface area contributed by atoms with Gasteiger partial charge >= 0.3 is 13.1 Å². The van der Waals surface area contributed by atoms with Crippen LogP contribution in [-0.4, -0.2) is 66.8 Å². The summed E-state index contributed by atoms with van der Waals surface area (Å²) < 4.78 is 12.3. The predicted molar refractivity (Wildman–Crippen MR) is 236 cm³/mol. The largest absolute Gasteiger partial charge is 0.565 e. The maximum Gasteiger partial charge on any atom is 0.565 e. The molecule has 0 aromatic heterocycles. The Morgan fingerprint density at radius 2 is 1.26 bits per heavy atom. The summed E-state index contributed by atoms with van der Waals surface area (Å²) in [5, 5.41) is 2.90. The molecule has 0 unspecified atom stereocenters. The number of benzene rings is 5. The van der Waals surface area contributed by atoms with Crippen LogP contribution in [0.15, 0.2) is 127 Å². The number of piperidine rings is 2. The van der Waals surface area contributed by atoms with Crippen LogP contribution in [0.25, 0.3) is 0 Å². The third-order valence-electron chi connectivity index (χ3n) is 12.4. The molecule has 312 valence electrons. The zero-order valence-corrected chi connectivity index (χ0v) is 34.3. The van der Waals surface area contributed by atoms with Crippen LogP contribution in [0.3, 0.4) is 0 Å². The van der Waals surface area contributed by atoms with Crippen molar-refractivity contribution in [2.24, 2.45) is 11.5 Å². The molecule has 3 fully saturated rings. The molecule has 0 radical (unpaired) electrons. The lowest BCUT2D eigenvalue weighted by molar-refractivity contribution is -0.146. The summed E-state index contributed by atoms with van der Waals surface area (Å²) in [7, 11) is -1.07. The summed E-state index contributed by atoms with van der Waals surface area (Å²) in [6.07, 6.45) is 3.41. The van der Waals surface area contributed by atoms with Crippen molar-refractivity contribution < 1.29 is 28.5 Å². The summed E-state index contributed by atoms with van der Waals surface area (Å²) in [5.41, 5.74) is 17.6. The molecule has 3 saturated heterocycles. The Kier molecular flexibility index (Phi) is 12.8. The van der Waals surface area contributed by atoms with Crippen LogP contribution in [0.1, 0.15) is 87.7 Å². The fraction of sp³-hybridized carbons (Fsp3) is 0.306. The average Bonchev–Trinajstić information content (AvgIpc) is 3.65. The van der Waals surface area contributed by atoms with E-state index in [9.17, 15) is 19.2 Å². The molecule has 5 aromatic carbocycles. The number of carbonyl (C=O) groups excluding carboxylic acids is 4. The van der Waals surface area contributed by atoms with E-state index in [1.54, 1.807) is 60.7 Å². The van der Waals surface area contributed by atoms with Crippen molar-refractivity contribution in [3.8, 4) is 0 Å². The van der Waals surface area contributed by atoms with Gasteiger partial charge in [0.1, 0.15) is 0 Å². The lowest BCUT2D eigenvalue weighted by Gasteiger charge is -2.32. The van der Waals surface area contributed by atoms with Crippen molar-refractivity contribution in [2.75, 3.05) is 31.5 Å². The van der Waals surface area contributed by atoms with E-state index in [0.29, 0.717) is 73.4 Å². The van der Waals surface area contributed by atoms with Gasteiger partial charge in [-0.05, 0) is 94.6 Å². The highest BCUT2D eigenvalue weighted by molar-refractivity contribution is 6.64. The quantitative estimate of drug-likeness (QED) is 0.134. The topological polar surface area (TPSA) is 157 Å². The molecule has 12 heteroatoms.